The molecule has 112 valence electrons. The predicted molar refractivity (Wildman–Crippen MR) is 80.4 cm³/mol. The summed E-state index contributed by atoms with van der Waals surface area (Å²) in [4.78, 5) is 6.82. The van der Waals surface area contributed by atoms with Gasteiger partial charge in [-0.1, -0.05) is 18.5 Å². The molecule has 1 aliphatic heterocycles. The van der Waals surface area contributed by atoms with E-state index in [1.807, 2.05) is 12.1 Å². The maximum atomic E-state index is 6.18. The van der Waals surface area contributed by atoms with Gasteiger partial charge < -0.3 is 19.7 Å². The van der Waals surface area contributed by atoms with Crippen LogP contribution in [0.5, 0.6) is 0 Å². The van der Waals surface area contributed by atoms with Gasteiger partial charge in [0.1, 0.15) is 18.0 Å². The van der Waals surface area contributed by atoms with Gasteiger partial charge in [-0.25, -0.2) is 4.98 Å². The molecule has 1 N–H and O–H groups in total. The van der Waals surface area contributed by atoms with E-state index in [1.165, 1.54) is 0 Å². The largest absolute Gasteiger partial charge is 0.377 e. The molecule has 6 heteroatoms. The van der Waals surface area contributed by atoms with Gasteiger partial charge in [0, 0.05) is 33.9 Å². The van der Waals surface area contributed by atoms with E-state index in [1.54, 1.807) is 14.2 Å². The van der Waals surface area contributed by atoms with Gasteiger partial charge in [-0.15, -0.1) is 0 Å². The molecule has 1 aliphatic rings. The highest BCUT2D eigenvalue weighted by Gasteiger charge is 2.33. The van der Waals surface area contributed by atoms with Crippen LogP contribution in [-0.2, 0) is 16.0 Å². The van der Waals surface area contributed by atoms with Crippen molar-refractivity contribution in [1.29, 1.82) is 0 Å². The van der Waals surface area contributed by atoms with Crippen molar-refractivity contribution in [3.8, 4) is 0 Å². The molecule has 0 spiro atoms. The van der Waals surface area contributed by atoms with E-state index < -0.39 is 0 Å². The lowest BCUT2D eigenvalue weighted by molar-refractivity contribution is -0.00461. The monoisotopic (exact) mass is 299 g/mol. The Hall–Kier alpha value is -0.880. The summed E-state index contributed by atoms with van der Waals surface area (Å²) in [5.41, 5.74) is 0.876. The number of hydrogen-bond acceptors (Lipinski definition) is 5. The number of methoxy groups -OCH3 is 2. The Morgan fingerprint density at radius 3 is 2.50 bits per heavy atom. The number of aromatic nitrogens is 1. The van der Waals surface area contributed by atoms with Gasteiger partial charge in [0.25, 0.3) is 0 Å². The van der Waals surface area contributed by atoms with Crippen molar-refractivity contribution < 1.29 is 9.47 Å². The summed E-state index contributed by atoms with van der Waals surface area (Å²) >= 11 is 6.18. The van der Waals surface area contributed by atoms with E-state index in [-0.39, 0.29) is 12.2 Å². The molecule has 0 bridgehead atoms. The number of nitrogens with one attached hydrogen (secondary N) is 1. The molecule has 0 aliphatic carbocycles. The van der Waals surface area contributed by atoms with Crippen molar-refractivity contribution >= 4 is 17.4 Å². The first-order valence-electron chi connectivity index (χ1n) is 6.86. The Labute approximate surface area is 125 Å². The average Bonchev–Trinajstić information content (AvgIpc) is 2.89. The van der Waals surface area contributed by atoms with Crippen LogP contribution in [0.2, 0.25) is 5.02 Å². The van der Waals surface area contributed by atoms with Crippen molar-refractivity contribution in [2.45, 2.75) is 25.7 Å². The second-order valence-corrected chi connectivity index (χ2v) is 5.24. The van der Waals surface area contributed by atoms with Crippen LogP contribution in [0.3, 0.4) is 0 Å². The lowest BCUT2D eigenvalue weighted by Gasteiger charge is -2.18. The summed E-state index contributed by atoms with van der Waals surface area (Å²) in [5, 5.41) is 3.94. The molecule has 2 rings (SSSR count). The number of rotatable bonds is 6. The molecule has 1 fully saturated rings. The Morgan fingerprint density at radius 1 is 1.30 bits per heavy atom. The Balaban J connectivity index is 2.13. The molecule has 2 unspecified atom stereocenters. The van der Waals surface area contributed by atoms with Gasteiger partial charge >= 0.3 is 0 Å². The van der Waals surface area contributed by atoms with E-state index in [4.69, 9.17) is 21.1 Å². The van der Waals surface area contributed by atoms with Crippen LogP contribution in [0.25, 0.3) is 0 Å². The summed E-state index contributed by atoms with van der Waals surface area (Å²) in [7, 11) is 3.43. The first-order valence-corrected chi connectivity index (χ1v) is 7.24. The highest BCUT2D eigenvalue weighted by molar-refractivity contribution is 6.31. The first kappa shape index (κ1) is 15.5. The minimum absolute atomic E-state index is 0.0784. The molecule has 2 heterocycles. The third kappa shape index (κ3) is 3.41. The molecule has 1 aromatic rings. The summed E-state index contributed by atoms with van der Waals surface area (Å²) in [5.74, 6) is 0.920. The average molecular weight is 300 g/mol. The van der Waals surface area contributed by atoms with Crippen LogP contribution in [0, 0.1) is 0 Å². The predicted octanol–water partition coefficient (Wildman–Crippen LogP) is 1.69. The zero-order chi connectivity index (χ0) is 14.5. The number of anilines is 1. The topological polar surface area (TPSA) is 46.6 Å². The molecule has 0 aromatic carbocycles. The van der Waals surface area contributed by atoms with Crippen LogP contribution in [0.15, 0.2) is 12.1 Å². The summed E-state index contributed by atoms with van der Waals surface area (Å²) in [6.07, 6.45) is 0.157. The summed E-state index contributed by atoms with van der Waals surface area (Å²) in [6.45, 7) is 5.20. The van der Waals surface area contributed by atoms with Crippen molar-refractivity contribution in [2.75, 3.05) is 38.8 Å². The Morgan fingerprint density at radius 2 is 1.95 bits per heavy atom. The summed E-state index contributed by atoms with van der Waals surface area (Å²) < 4.78 is 10.9. The van der Waals surface area contributed by atoms with Crippen molar-refractivity contribution in [3.05, 3.63) is 22.8 Å². The van der Waals surface area contributed by atoms with Crippen molar-refractivity contribution in [3.63, 3.8) is 0 Å². The Kier molecular flexibility index (Phi) is 5.60. The van der Waals surface area contributed by atoms with Crippen LogP contribution in [0.4, 0.5) is 5.82 Å². The van der Waals surface area contributed by atoms with Gasteiger partial charge in [0.2, 0.25) is 0 Å². The molecule has 0 amide bonds. The molecule has 5 nitrogen and oxygen atoms in total. The maximum absolute atomic E-state index is 6.18. The zero-order valence-electron chi connectivity index (χ0n) is 12.2. The molecule has 1 aromatic heterocycles. The summed E-state index contributed by atoms with van der Waals surface area (Å²) in [6, 6.07) is 3.85. The van der Waals surface area contributed by atoms with E-state index in [0.29, 0.717) is 11.6 Å². The van der Waals surface area contributed by atoms with E-state index in [0.717, 1.165) is 31.1 Å². The fraction of sp³-hybridized carbons (Fsp3) is 0.643. The third-order valence-electron chi connectivity index (χ3n) is 3.59. The van der Waals surface area contributed by atoms with Crippen molar-refractivity contribution in [2.24, 2.45) is 0 Å². The fourth-order valence-corrected chi connectivity index (χ4v) is 2.57. The second kappa shape index (κ2) is 7.22. The first-order chi connectivity index (χ1) is 9.69. The number of pyridine rings is 1. The van der Waals surface area contributed by atoms with Crippen molar-refractivity contribution in [1.82, 2.24) is 10.3 Å². The van der Waals surface area contributed by atoms with Crippen LogP contribution >= 0.6 is 11.6 Å². The smallest absolute Gasteiger partial charge is 0.129 e. The number of ether oxygens (including phenoxy) is 2. The van der Waals surface area contributed by atoms with Gasteiger partial charge in [0.05, 0.1) is 10.7 Å². The highest BCUT2D eigenvalue weighted by atomic mass is 35.5. The van der Waals surface area contributed by atoms with Crippen LogP contribution in [-0.4, -0.2) is 51.0 Å². The fourth-order valence-electron chi connectivity index (χ4n) is 2.40. The maximum Gasteiger partial charge on any atom is 0.129 e. The minimum atomic E-state index is 0.0784. The normalized spacial score (nSPS) is 22.5. The van der Waals surface area contributed by atoms with Gasteiger partial charge in [-0.05, 0) is 18.7 Å². The van der Waals surface area contributed by atoms with Gasteiger partial charge in [-0.2, -0.15) is 0 Å². The lowest BCUT2D eigenvalue weighted by atomic mass is 10.3. The zero-order valence-corrected chi connectivity index (χ0v) is 13.0. The molecule has 0 saturated carbocycles. The molecule has 2 atom stereocenters. The number of halogens is 1. The quantitative estimate of drug-likeness (QED) is 0.866. The second-order valence-electron chi connectivity index (χ2n) is 4.83. The van der Waals surface area contributed by atoms with Gasteiger partial charge in [-0.3, -0.25) is 0 Å². The molecular formula is C14H22ClN3O2. The van der Waals surface area contributed by atoms with Crippen LogP contribution in [0.1, 0.15) is 12.6 Å². The molecular weight excluding hydrogens is 278 g/mol. The Bertz CT molecular complexity index is 432. The SMILES string of the molecule is CCNCc1nc(N2CC(OC)C(OC)C2)ccc1Cl. The van der Waals surface area contributed by atoms with E-state index in [2.05, 4.69) is 22.1 Å². The van der Waals surface area contributed by atoms with Gasteiger partial charge in [0.15, 0.2) is 0 Å². The van der Waals surface area contributed by atoms with E-state index in [9.17, 15) is 0 Å². The van der Waals surface area contributed by atoms with E-state index >= 15 is 0 Å². The lowest BCUT2D eigenvalue weighted by Crippen LogP contribution is -2.27. The third-order valence-corrected chi connectivity index (χ3v) is 3.94. The molecule has 1 saturated heterocycles. The number of nitrogens with zero attached hydrogens (tertiary/aromatic N) is 2. The highest BCUT2D eigenvalue weighted by Crippen LogP contribution is 2.24. The minimum Gasteiger partial charge on any atom is -0.377 e. The standard InChI is InChI=1S/C14H22ClN3O2/c1-4-16-7-11-10(15)5-6-14(17-11)18-8-12(19-2)13(9-18)20-3/h5-6,12-13,16H,4,7-9H2,1-3H3. The molecule has 0 radical (unpaired) electrons. The molecule has 20 heavy (non-hydrogen) atoms. The number of hydrogen-bond donors (Lipinski definition) is 1. The van der Waals surface area contributed by atoms with Crippen LogP contribution < -0.4 is 10.2 Å².